The van der Waals surface area contributed by atoms with Crippen LogP contribution in [0.2, 0.25) is 0 Å². The van der Waals surface area contributed by atoms with Gasteiger partial charge >= 0.3 is 0 Å². The van der Waals surface area contributed by atoms with Crippen molar-refractivity contribution in [2.45, 2.75) is 26.7 Å². The average Bonchev–Trinajstić information content (AvgIpc) is 2.05. The molecule has 3 heteroatoms. The van der Waals surface area contributed by atoms with E-state index in [4.69, 9.17) is 0 Å². The van der Waals surface area contributed by atoms with Gasteiger partial charge in [-0.1, -0.05) is 18.6 Å². The van der Waals surface area contributed by atoms with Crippen molar-refractivity contribution in [2.75, 3.05) is 5.75 Å². The molecule has 0 saturated carbocycles. The smallest absolute Gasteiger partial charge is 0.174 e. The Morgan fingerprint density at radius 1 is 1.33 bits per heavy atom. The molecule has 0 atom stereocenters. The lowest BCUT2D eigenvalue weighted by atomic mass is 10.1. The third kappa shape index (κ3) is 1.97. The zero-order valence-electron chi connectivity index (χ0n) is 7.50. The Morgan fingerprint density at radius 2 is 2.00 bits per heavy atom. The standard InChI is InChI=1S/C9H14O2S/c1-3-12(10,11)9-6-4-8(2)5-7-9/h4,6H,3,5,7H2,1-2H3. The molecule has 1 aliphatic carbocycles. The first-order valence-corrected chi connectivity index (χ1v) is 5.80. The molecule has 12 heavy (non-hydrogen) atoms. The van der Waals surface area contributed by atoms with Crippen LogP contribution in [0.4, 0.5) is 0 Å². The van der Waals surface area contributed by atoms with E-state index in [2.05, 4.69) is 0 Å². The topological polar surface area (TPSA) is 34.1 Å². The minimum absolute atomic E-state index is 0.214. The first-order chi connectivity index (χ1) is 5.56. The van der Waals surface area contributed by atoms with Crippen molar-refractivity contribution in [3.63, 3.8) is 0 Å². The Hall–Kier alpha value is -0.570. The molecule has 0 N–H and O–H groups in total. The Balaban J connectivity index is 2.93. The first kappa shape index (κ1) is 9.52. The fraction of sp³-hybridized carbons (Fsp3) is 0.556. The zero-order valence-corrected chi connectivity index (χ0v) is 8.32. The monoisotopic (exact) mass is 186 g/mol. The first-order valence-electron chi connectivity index (χ1n) is 4.15. The molecule has 0 bridgehead atoms. The molecule has 1 aliphatic rings. The van der Waals surface area contributed by atoms with Crippen LogP contribution in [-0.4, -0.2) is 14.2 Å². The van der Waals surface area contributed by atoms with E-state index >= 15 is 0 Å². The van der Waals surface area contributed by atoms with Gasteiger partial charge in [0.25, 0.3) is 0 Å². The van der Waals surface area contributed by atoms with Crippen molar-refractivity contribution in [1.82, 2.24) is 0 Å². The predicted molar refractivity (Wildman–Crippen MR) is 50.5 cm³/mol. The molecule has 68 valence electrons. The van der Waals surface area contributed by atoms with Crippen molar-refractivity contribution in [3.05, 3.63) is 22.6 Å². The Bertz CT molecular complexity index is 320. The van der Waals surface area contributed by atoms with E-state index in [1.54, 1.807) is 13.0 Å². The summed E-state index contributed by atoms with van der Waals surface area (Å²) in [7, 11) is -2.93. The van der Waals surface area contributed by atoms with Gasteiger partial charge in [0.05, 0.1) is 5.75 Å². The summed E-state index contributed by atoms with van der Waals surface area (Å²) < 4.78 is 22.7. The van der Waals surface area contributed by atoms with Crippen molar-refractivity contribution < 1.29 is 8.42 Å². The SMILES string of the molecule is CCS(=O)(=O)C1=CC=C(C)CC1. The number of sulfone groups is 1. The number of hydrogen-bond acceptors (Lipinski definition) is 2. The minimum atomic E-state index is -2.93. The summed E-state index contributed by atoms with van der Waals surface area (Å²) in [6.45, 7) is 3.70. The number of allylic oxidation sites excluding steroid dienone is 4. The summed E-state index contributed by atoms with van der Waals surface area (Å²) in [5.41, 5.74) is 1.25. The highest BCUT2D eigenvalue weighted by Gasteiger charge is 2.16. The van der Waals surface area contributed by atoms with Crippen LogP contribution in [-0.2, 0) is 9.84 Å². The largest absolute Gasteiger partial charge is 0.224 e. The molecule has 0 saturated heterocycles. The number of hydrogen-bond donors (Lipinski definition) is 0. The summed E-state index contributed by atoms with van der Waals surface area (Å²) in [6.07, 6.45) is 5.19. The van der Waals surface area contributed by atoms with E-state index in [0.29, 0.717) is 11.3 Å². The van der Waals surface area contributed by atoms with Crippen molar-refractivity contribution >= 4 is 9.84 Å². The van der Waals surface area contributed by atoms with Crippen LogP contribution in [0.25, 0.3) is 0 Å². The normalized spacial score (nSPS) is 18.5. The molecule has 0 aromatic carbocycles. The molecule has 0 radical (unpaired) electrons. The van der Waals surface area contributed by atoms with E-state index in [-0.39, 0.29) is 5.75 Å². The molecule has 0 fully saturated rings. The van der Waals surface area contributed by atoms with Gasteiger partial charge in [0.1, 0.15) is 0 Å². The maximum atomic E-state index is 11.4. The van der Waals surface area contributed by atoms with Crippen LogP contribution in [0.5, 0.6) is 0 Å². The lowest BCUT2D eigenvalue weighted by Gasteiger charge is -2.10. The lowest BCUT2D eigenvalue weighted by molar-refractivity contribution is 0.601. The molecule has 0 heterocycles. The Labute approximate surface area is 73.9 Å². The molecule has 0 unspecified atom stereocenters. The molecule has 2 nitrogen and oxygen atoms in total. The van der Waals surface area contributed by atoms with Crippen LogP contribution in [0.3, 0.4) is 0 Å². The molecule has 0 spiro atoms. The summed E-state index contributed by atoms with van der Waals surface area (Å²) in [6, 6.07) is 0. The van der Waals surface area contributed by atoms with E-state index in [9.17, 15) is 8.42 Å². The molecule has 0 aliphatic heterocycles. The van der Waals surface area contributed by atoms with Crippen LogP contribution in [0.1, 0.15) is 26.7 Å². The molecular weight excluding hydrogens is 172 g/mol. The maximum absolute atomic E-state index is 11.4. The van der Waals surface area contributed by atoms with E-state index in [1.807, 2.05) is 13.0 Å². The van der Waals surface area contributed by atoms with Gasteiger partial charge in [-0.15, -0.1) is 0 Å². The average molecular weight is 186 g/mol. The Kier molecular flexibility index (Phi) is 2.73. The molecule has 0 aromatic rings. The summed E-state index contributed by atoms with van der Waals surface area (Å²) >= 11 is 0. The van der Waals surface area contributed by atoms with Gasteiger partial charge in [-0.3, -0.25) is 0 Å². The lowest BCUT2D eigenvalue weighted by Crippen LogP contribution is -2.08. The van der Waals surface area contributed by atoms with Gasteiger partial charge in [-0.25, -0.2) is 8.42 Å². The van der Waals surface area contributed by atoms with Gasteiger partial charge in [0, 0.05) is 4.91 Å². The Morgan fingerprint density at radius 3 is 2.42 bits per heavy atom. The second-order valence-electron chi connectivity index (χ2n) is 3.05. The summed E-state index contributed by atoms with van der Waals surface area (Å²) in [5, 5.41) is 0. The van der Waals surface area contributed by atoms with Crippen molar-refractivity contribution in [2.24, 2.45) is 0 Å². The highest BCUT2D eigenvalue weighted by molar-refractivity contribution is 7.95. The third-order valence-electron chi connectivity index (χ3n) is 2.10. The summed E-state index contributed by atoms with van der Waals surface area (Å²) in [5.74, 6) is 0.214. The molecular formula is C9H14O2S. The van der Waals surface area contributed by atoms with E-state index in [0.717, 1.165) is 6.42 Å². The van der Waals surface area contributed by atoms with Crippen LogP contribution < -0.4 is 0 Å². The van der Waals surface area contributed by atoms with Gasteiger partial charge in [0.15, 0.2) is 9.84 Å². The second-order valence-corrected chi connectivity index (χ2v) is 5.38. The van der Waals surface area contributed by atoms with Gasteiger partial charge in [0.2, 0.25) is 0 Å². The van der Waals surface area contributed by atoms with E-state index < -0.39 is 9.84 Å². The minimum Gasteiger partial charge on any atom is -0.224 e. The molecule has 1 rings (SSSR count). The summed E-state index contributed by atoms with van der Waals surface area (Å²) in [4.78, 5) is 0.593. The van der Waals surface area contributed by atoms with Crippen molar-refractivity contribution in [3.8, 4) is 0 Å². The third-order valence-corrected chi connectivity index (χ3v) is 4.00. The van der Waals surface area contributed by atoms with Gasteiger partial charge in [-0.2, -0.15) is 0 Å². The predicted octanol–water partition coefficient (Wildman–Crippen LogP) is 2.05. The van der Waals surface area contributed by atoms with Crippen LogP contribution in [0.15, 0.2) is 22.6 Å². The van der Waals surface area contributed by atoms with E-state index in [1.165, 1.54) is 5.57 Å². The molecule has 0 amide bonds. The fourth-order valence-corrected chi connectivity index (χ4v) is 2.23. The number of rotatable bonds is 2. The van der Waals surface area contributed by atoms with Crippen LogP contribution in [0, 0.1) is 0 Å². The second kappa shape index (κ2) is 3.44. The highest BCUT2D eigenvalue weighted by Crippen LogP contribution is 2.22. The highest BCUT2D eigenvalue weighted by atomic mass is 32.2. The quantitative estimate of drug-likeness (QED) is 0.661. The van der Waals surface area contributed by atoms with Gasteiger partial charge < -0.3 is 0 Å². The molecule has 0 aromatic heterocycles. The van der Waals surface area contributed by atoms with Crippen molar-refractivity contribution in [1.29, 1.82) is 0 Å². The zero-order chi connectivity index (χ0) is 9.19. The van der Waals surface area contributed by atoms with Crippen LogP contribution >= 0.6 is 0 Å². The fourth-order valence-electron chi connectivity index (χ4n) is 1.17. The maximum Gasteiger partial charge on any atom is 0.174 e. The van der Waals surface area contributed by atoms with Gasteiger partial charge in [-0.05, 0) is 25.8 Å².